The van der Waals surface area contributed by atoms with E-state index in [1.807, 2.05) is 32.9 Å². The van der Waals surface area contributed by atoms with Crippen LogP contribution in [0.15, 0.2) is 72.8 Å². The number of hydrogen-bond acceptors (Lipinski definition) is 5. The lowest BCUT2D eigenvalue weighted by atomic mass is 10.0. The van der Waals surface area contributed by atoms with Crippen molar-refractivity contribution < 1.29 is 32.2 Å². The molecule has 7 nitrogen and oxygen atoms in total. The molecule has 0 aliphatic carbocycles. The summed E-state index contributed by atoms with van der Waals surface area (Å²) in [5.74, 6) is -2.18. The van der Waals surface area contributed by atoms with E-state index in [9.17, 15) is 9.18 Å². The standard InChI is InChI=1S/C37H32F3N3O4/c1-37(2,3)47-36(44)23-9-8-22-14-28(43(34(22)17-23)27-12-13-45-21-27)15-25-16-32(40)29(19-31(25)39)33-6-5-7-35(42-33)46-20-24-10-11-26(41-4)18-30(24)38/h5-11,14,16-19,27H,12-13,15,20-21H2,1-3H3/t27-/m0/s1. The van der Waals surface area contributed by atoms with Gasteiger partial charge in [-0.3, -0.25) is 0 Å². The molecule has 1 saturated heterocycles. The Labute approximate surface area is 270 Å². The number of halogens is 3. The Hall–Kier alpha value is -5.14. The third kappa shape index (κ3) is 7.00. The van der Waals surface area contributed by atoms with E-state index in [0.29, 0.717) is 18.8 Å². The third-order valence-corrected chi connectivity index (χ3v) is 7.88. The zero-order valence-corrected chi connectivity index (χ0v) is 26.1. The molecule has 0 saturated carbocycles. The van der Waals surface area contributed by atoms with Crippen LogP contribution in [0.5, 0.6) is 5.88 Å². The normalized spacial score (nSPS) is 14.7. The molecule has 5 aromatic rings. The highest BCUT2D eigenvalue weighted by Crippen LogP contribution is 2.33. The Morgan fingerprint density at radius 2 is 1.81 bits per heavy atom. The van der Waals surface area contributed by atoms with Crippen LogP contribution in [0.2, 0.25) is 0 Å². The van der Waals surface area contributed by atoms with Crippen LogP contribution < -0.4 is 4.74 Å². The van der Waals surface area contributed by atoms with Gasteiger partial charge in [-0.25, -0.2) is 27.8 Å². The van der Waals surface area contributed by atoms with Gasteiger partial charge in [-0.15, -0.1) is 0 Å². The van der Waals surface area contributed by atoms with Crippen molar-refractivity contribution in [1.29, 1.82) is 0 Å². The summed E-state index contributed by atoms with van der Waals surface area (Å²) in [4.78, 5) is 20.4. The molecule has 1 aliphatic heterocycles. The highest BCUT2D eigenvalue weighted by atomic mass is 19.1. The SMILES string of the molecule is [C-]#[N+]c1ccc(COc2cccc(-c3cc(F)c(Cc4cc5ccc(C(=O)OC(C)(C)C)cc5n4[C@H]4CCOC4)cc3F)n2)c(F)c1. The fourth-order valence-corrected chi connectivity index (χ4v) is 5.67. The number of aromatic nitrogens is 2. The molecule has 0 spiro atoms. The van der Waals surface area contributed by atoms with Crippen molar-refractivity contribution in [2.24, 2.45) is 0 Å². The van der Waals surface area contributed by atoms with E-state index >= 15 is 8.78 Å². The van der Waals surface area contributed by atoms with Gasteiger partial charge in [0, 0.05) is 41.4 Å². The summed E-state index contributed by atoms with van der Waals surface area (Å²) in [5.41, 5.74) is 1.98. The first kappa shape index (κ1) is 31.8. The summed E-state index contributed by atoms with van der Waals surface area (Å²) >= 11 is 0. The fraction of sp³-hybridized carbons (Fsp3) is 0.270. The van der Waals surface area contributed by atoms with Crippen LogP contribution >= 0.6 is 0 Å². The molecule has 2 aromatic heterocycles. The van der Waals surface area contributed by atoms with Gasteiger partial charge in [-0.2, -0.15) is 0 Å². The minimum absolute atomic E-state index is 0.0328. The van der Waals surface area contributed by atoms with Gasteiger partial charge in [0.15, 0.2) is 5.69 Å². The Balaban J connectivity index is 1.27. The average molecular weight is 640 g/mol. The van der Waals surface area contributed by atoms with Crippen molar-refractivity contribution >= 4 is 22.6 Å². The molecule has 240 valence electrons. The summed E-state index contributed by atoms with van der Waals surface area (Å²) in [5, 5.41) is 0.861. The van der Waals surface area contributed by atoms with Crippen LogP contribution in [0.25, 0.3) is 27.0 Å². The molecule has 3 aromatic carbocycles. The average Bonchev–Trinajstić information content (AvgIpc) is 3.68. The second kappa shape index (κ2) is 12.9. The van der Waals surface area contributed by atoms with E-state index in [4.69, 9.17) is 20.8 Å². The van der Waals surface area contributed by atoms with E-state index in [2.05, 4.69) is 14.4 Å². The summed E-state index contributed by atoms with van der Waals surface area (Å²) in [6.45, 7) is 13.3. The van der Waals surface area contributed by atoms with Crippen molar-refractivity contribution in [2.45, 2.75) is 51.9 Å². The molecule has 3 heterocycles. The molecule has 10 heteroatoms. The second-order valence-electron chi connectivity index (χ2n) is 12.4. The van der Waals surface area contributed by atoms with Crippen LogP contribution in [0.3, 0.4) is 0 Å². The van der Waals surface area contributed by atoms with Crippen LogP contribution in [0.1, 0.15) is 60.4 Å². The quantitative estimate of drug-likeness (QED) is 0.125. The number of benzene rings is 3. The Kier molecular flexibility index (Phi) is 8.76. The van der Waals surface area contributed by atoms with E-state index in [-0.39, 0.29) is 53.0 Å². The topological polar surface area (TPSA) is 66.9 Å². The molecule has 0 amide bonds. The smallest absolute Gasteiger partial charge is 0.338 e. The van der Waals surface area contributed by atoms with E-state index in [1.54, 1.807) is 18.2 Å². The van der Waals surface area contributed by atoms with Crippen molar-refractivity contribution in [2.75, 3.05) is 13.2 Å². The zero-order valence-electron chi connectivity index (χ0n) is 26.1. The van der Waals surface area contributed by atoms with Crippen molar-refractivity contribution in [1.82, 2.24) is 9.55 Å². The number of pyridine rings is 1. The predicted molar refractivity (Wildman–Crippen MR) is 171 cm³/mol. The van der Waals surface area contributed by atoms with Gasteiger partial charge in [0.05, 0.1) is 30.5 Å². The first-order valence-corrected chi connectivity index (χ1v) is 15.2. The molecule has 0 N–H and O–H groups in total. The van der Waals surface area contributed by atoms with Gasteiger partial charge in [0.2, 0.25) is 5.88 Å². The number of fused-ring (bicyclic) bond motifs is 1. The molecule has 0 radical (unpaired) electrons. The number of hydrogen-bond donors (Lipinski definition) is 0. The highest BCUT2D eigenvalue weighted by molar-refractivity contribution is 5.95. The number of carbonyl (C=O) groups excluding carboxylic acids is 1. The lowest BCUT2D eigenvalue weighted by Gasteiger charge is -2.20. The molecular weight excluding hydrogens is 607 g/mol. The first-order valence-electron chi connectivity index (χ1n) is 15.2. The van der Waals surface area contributed by atoms with E-state index < -0.39 is 29.0 Å². The first-order chi connectivity index (χ1) is 22.5. The van der Waals surface area contributed by atoms with Gasteiger partial charge in [0.25, 0.3) is 0 Å². The maximum atomic E-state index is 15.7. The lowest BCUT2D eigenvalue weighted by molar-refractivity contribution is 0.00696. The molecule has 0 unspecified atom stereocenters. The van der Waals surface area contributed by atoms with Gasteiger partial charge >= 0.3 is 5.97 Å². The summed E-state index contributed by atoms with van der Waals surface area (Å²) < 4.78 is 64.5. The molecule has 47 heavy (non-hydrogen) atoms. The van der Waals surface area contributed by atoms with Crippen LogP contribution in [0, 0.1) is 24.0 Å². The fourth-order valence-electron chi connectivity index (χ4n) is 5.67. The minimum atomic E-state index is -0.661. The number of ether oxygens (including phenoxy) is 3. The molecule has 1 fully saturated rings. The second-order valence-corrected chi connectivity index (χ2v) is 12.4. The predicted octanol–water partition coefficient (Wildman–Crippen LogP) is 8.76. The molecule has 1 aliphatic rings. The van der Waals surface area contributed by atoms with E-state index in [0.717, 1.165) is 35.2 Å². The minimum Gasteiger partial charge on any atom is -0.473 e. The van der Waals surface area contributed by atoms with Gasteiger partial charge in [-0.05, 0) is 80.6 Å². The number of carbonyl (C=O) groups is 1. The molecule has 1 atom stereocenters. The monoisotopic (exact) mass is 639 g/mol. The molecule has 6 rings (SSSR count). The van der Waals surface area contributed by atoms with Gasteiger partial charge in [0.1, 0.15) is 29.7 Å². The highest BCUT2D eigenvalue weighted by Gasteiger charge is 2.25. The largest absolute Gasteiger partial charge is 0.473 e. The molecule has 0 bridgehead atoms. The Morgan fingerprint density at radius 1 is 1.00 bits per heavy atom. The number of esters is 1. The third-order valence-electron chi connectivity index (χ3n) is 7.88. The van der Waals surface area contributed by atoms with Gasteiger partial charge < -0.3 is 18.8 Å². The Bertz CT molecular complexity index is 2020. The van der Waals surface area contributed by atoms with Gasteiger partial charge in [-0.1, -0.05) is 24.3 Å². The maximum Gasteiger partial charge on any atom is 0.338 e. The number of nitrogens with zero attached hydrogens (tertiary/aromatic N) is 3. The summed E-state index contributed by atoms with van der Waals surface area (Å²) in [7, 11) is 0. The summed E-state index contributed by atoms with van der Waals surface area (Å²) in [6, 6.07) is 18.2. The summed E-state index contributed by atoms with van der Waals surface area (Å²) in [6.07, 6.45) is 0.844. The van der Waals surface area contributed by atoms with Crippen molar-refractivity contribution in [3.05, 3.63) is 124 Å². The zero-order chi connectivity index (χ0) is 33.3. The maximum absolute atomic E-state index is 15.7. The van der Waals surface area contributed by atoms with Crippen LogP contribution in [-0.4, -0.2) is 34.3 Å². The number of rotatable bonds is 8. The van der Waals surface area contributed by atoms with Crippen LogP contribution in [-0.2, 0) is 22.5 Å². The van der Waals surface area contributed by atoms with E-state index in [1.165, 1.54) is 30.3 Å². The Morgan fingerprint density at radius 3 is 2.53 bits per heavy atom. The lowest BCUT2D eigenvalue weighted by Crippen LogP contribution is -2.23. The van der Waals surface area contributed by atoms with Crippen molar-refractivity contribution in [3.63, 3.8) is 0 Å². The van der Waals surface area contributed by atoms with Crippen LogP contribution in [0.4, 0.5) is 18.9 Å². The van der Waals surface area contributed by atoms with Crippen molar-refractivity contribution in [3.8, 4) is 17.1 Å². The molecular formula is C37H32F3N3O4.